The molecule has 0 saturated heterocycles. The van der Waals surface area contributed by atoms with Crippen molar-refractivity contribution in [2.45, 2.75) is 38.6 Å². The van der Waals surface area contributed by atoms with Crippen molar-refractivity contribution in [3.05, 3.63) is 42.2 Å². The first-order chi connectivity index (χ1) is 10.2. The highest BCUT2D eigenvalue weighted by Gasteiger charge is 2.21. The summed E-state index contributed by atoms with van der Waals surface area (Å²) in [5.74, 6) is 0.647. The maximum absolute atomic E-state index is 12.2. The van der Waals surface area contributed by atoms with E-state index in [1.807, 2.05) is 30.3 Å². The van der Waals surface area contributed by atoms with Gasteiger partial charge in [-0.05, 0) is 43.7 Å². The Morgan fingerprint density at radius 1 is 1.19 bits per heavy atom. The van der Waals surface area contributed by atoms with Gasteiger partial charge in [0.05, 0.1) is 11.9 Å². The van der Waals surface area contributed by atoms with E-state index in [0.29, 0.717) is 5.69 Å². The molecule has 1 N–H and O–H groups in total. The van der Waals surface area contributed by atoms with Gasteiger partial charge < -0.3 is 5.32 Å². The van der Waals surface area contributed by atoms with E-state index in [4.69, 9.17) is 0 Å². The van der Waals surface area contributed by atoms with Gasteiger partial charge in [0, 0.05) is 6.04 Å². The number of carbonyl (C=O) groups excluding carboxylic acids is 1. The number of hydrogen-bond donors (Lipinski definition) is 1. The molecule has 0 aliphatic heterocycles. The topological polar surface area (TPSA) is 59.8 Å². The third kappa shape index (κ3) is 3.29. The maximum Gasteiger partial charge on any atom is 0.273 e. The Hall–Kier alpha value is -2.17. The summed E-state index contributed by atoms with van der Waals surface area (Å²) in [5, 5.41) is 11.1. The zero-order chi connectivity index (χ0) is 14.7. The van der Waals surface area contributed by atoms with Crippen LogP contribution in [0.1, 0.15) is 43.1 Å². The van der Waals surface area contributed by atoms with Gasteiger partial charge >= 0.3 is 0 Å². The van der Waals surface area contributed by atoms with Crippen LogP contribution in [0.25, 0.3) is 5.69 Å². The van der Waals surface area contributed by atoms with E-state index in [0.717, 1.165) is 24.4 Å². The van der Waals surface area contributed by atoms with Crippen LogP contribution in [0.3, 0.4) is 0 Å². The van der Waals surface area contributed by atoms with Gasteiger partial charge in [0.15, 0.2) is 5.69 Å². The smallest absolute Gasteiger partial charge is 0.273 e. The van der Waals surface area contributed by atoms with Crippen LogP contribution in [0.15, 0.2) is 36.5 Å². The van der Waals surface area contributed by atoms with Crippen molar-refractivity contribution in [2.75, 3.05) is 0 Å². The van der Waals surface area contributed by atoms with Crippen LogP contribution in [-0.4, -0.2) is 26.9 Å². The molecule has 0 spiro atoms. The molecule has 2 aromatic rings. The minimum atomic E-state index is -0.128. The van der Waals surface area contributed by atoms with Gasteiger partial charge in [-0.25, -0.2) is 4.68 Å². The molecule has 1 fully saturated rings. The van der Waals surface area contributed by atoms with Crippen LogP contribution < -0.4 is 5.32 Å². The van der Waals surface area contributed by atoms with Crippen LogP contribution in [0.2, 0.25) is 0 Å². The summed E-state index contributed by atoms with van der Waals surface area (Å²) in [4.78, 5) is 12.2. The second-order valence-corrected chi connectivity index (χ2v) is 5.81. The van der Waals surface area contributed by atoms with Crippen molar-refractivity contribution < 1.29 is 4.79 Å². The summed E-state index contributed by atoms with van der Waals surface area (Å²) in [6.45, 7) is 2.27. The Kier molecular flexibility index (Phi) is 3.99. The molecule has 1 amide bonds. The molecule has 0 bridgehead atoms. The fourth-order valence-electron chi connectivity index (χ4n) is 2.74. The summed E-state index contributed by atoms with van der Waals surface area (Å²) >= 11 is 0. The van der Waals surface area contributed by atoms with Crippen LogP contribution in [0.5, 0.6) is 0 Å². The number of amides is 1. The summed E-state index contributed by atoms with van der Waals surface area (Å²) in [6.07, 6.45) is 6.15. The average molecular weight is 284 g/mol. The second kappa shape index (κ2) is 6.08. The Morgan fingerprint density at radius 3 is 2.62 bits per heavy atom. The molecule has 3 rings (SSSR count). The molecule has 1 aromatic carbocycles. The molecule has 0 unspecified atom stereocenters. The third-order valence-corrected chi connectivity index (χ3v) is 4.10. The fraction of sp³-hybridized carbons (Fsp3) is 0.438. The molecule has 1 heterocycles. The molecule has 5 heteroatoms. The van der Waals surface area contributed by atoms with Crippen LogP contribution in [0.4, 0.5) is 0 Å². The van der Waals surface area contributed by atoms with Crippen molar-refractivity contribution >= 4 is 5.91 Å². The quantitative estimate of drug-likeness (QED) is 0.942. The van der Waals surface area contributed by atoms with E-state index in [1.54, 1.807) is 10.9 Å². The van der Waals surface area contributed by atoms with E-state index in [1.165, 1.54) is 12.8 Å². The summed E-state index contributed by atoms with van der Waals surface area (Å²) < 4.78 is 1.62. The second-order valence-electron chi connectivity index (χ2n) is 5.81. The molecule has 0 atom stereocenters. The van der Waals surface area contributed by atoms with Crippen LogP contribution in [0, 0.1) is 5.92 Å². The normalized spacial score (nSPS) is 22.0. The van der Waals surface area contributed by atoms with Crippen molar-refractivity contribution in [1.29, 1.82) is 0 Å². The number of carbonyl (C=O) groups is 1. The molecule has 0 radical (unpaired) electrons. The van der Waals surface area contributed by atoms with E-state index < -0.39 is 0 Å². The monoisotopic (exact) mass is 284 g/mol. The molecule has 110 valence electrons. The van der Waals surface area contributed by atoms with Crippen molar-refractivity contribution in [2.24, 2.45) is 5.92 Å². The van der Waals surface area contributed by atoms with Gasteiger partial charge in [0.2, 0.25) is 0 Å². The van der Waals surface area contributed by atoms with Gasteiger partial charge in [0.1, 0.15) is 0 Å². The standard InChI is InChI=1S/C16H20N4O/c1-12-7-9-13(10-8-12)17-16(21)15-11-20(19-18-15)14-5-3-2-4-6-14/h2-6,11-13H,7-10H2,1H3,(H,17,21). The Morgan fingerprint density at radius 2 is 1.90 bits per heavy atom. The number of para-hydroxylation sites is 1. The summed E-state index contributed by atoms with van der Waals surface area (Å²) in [6, 6.07) is 9.94. The Bertz CT molecular complexity index is 600. The SMILES string of the molecule is CC1CCC(NC(=O)c2cn(-c3ccccc3)nn2)CC1. The molecular formula is C16H20N4O. The van der Waals surface area contributed by atoms with E-state index in [9.17, 15) is 4.79 Å². The summed E-state index contributed by atoms with van der Waals surface area (Å²) in [7, 11) is 0. The average Bonchev–Trinajstić information content (AvgIpc) is 3.00. The minimum absolute atomic E-state index is 0.128. The van der Waals surface area contributed by atoms with Gasteiger partial charge in [-0.3, -0.25) is 4.79 Å². The first-order valence-corrected chi connectivity index (χ1v) is 7.51. The van der Waals surface area contributed by atoms with E-state index in [2.05, 4.69) is 22.6 Å². The third-order valence-electron chi connectivity index (χ3n) is 4.10. The van der Waals surface area contributed by atoms with Crippen molar-refractivity contribution in [1.82, 2.24) is 20.3 Å². The highest BCUT2D eigenvalue weighted by Crippen LogP contribution is 2.23. The number of rotatable bonds is 3. The first-order valence-electron chi connectivity index (χ1n) is 7.51. The lowest BCUT2D eigenvalue weighted by Gasteiger charge is -2.26. The number of nitrogens with one attached hydrogen (secondary N) is 1. The molecular weight excluding hydrogens is 264 g/mol. The highest BCUT2D eigenvalue weighted by atomic mass is 16.2. The highest BCUT2D eigenvalue weighted by molar-refractivity contribution is 5.92. The van der Waals surface area contributed by atoms with Gasteiger partial charge in [-0.1, -0.05) is 30.3 Å². The van der Waals surface area contributed by atoms with Crippen molar-refractivity contribution in [3.63, 3.8) is 0 Å². The van der Waals surface area contributed by atoms with Crippen LogP contribution >= 0.6 is 0 Å². The van der Waals surface area contributed by atoms with Gasteiger partial charge in [-0.15, -0.1) is 5.10 Å². The Balaban J connectivity index is 1.64. The fourth-order valence-corrected chi connectivity index (χ4v) is 2.74. The zero-order valence-corrected chi connectivity index (χ0v) is 12.2. The zero-order valence-electron chi connectivity index (χ0n) is 12.2. The minimum Gasteiger partial charge on any atom is -0.348 e. The lowest BCUT2D eigenvalue weighted by molar-refractivity contribution is 0.0918. The molecule has 1 aliphatic rings. The largest absolute Gasteiger partial charge is 0.348 e. The number of aromatic nitrogens is 3. The van der Waals surface area contributed by atoms with E-state index >= 15 is 0 Å². The lowest BCUT2D eigenvalue weighted by Crippen LogP contribution is -2.37. The number of hydrogen-bond acceptors (Lipinski definition) is 3. The molecule has 1 aliphatic carbocycles. The summed E-state index contributed by atoms with van der Waals surface area (Å²) in [5.41, 5.74) is 1.27. The van der Waals surface area contributed by atoms with Gasteiger partial charge in [-0.2, -0.15) is 0 Å². The van der Waals surface area contributed by atoms with Crippen molar-refractivity contribution in [3.8, 4) is 5.69 Å². The molecule has 1 aromatic heterocycles. The van der Waals surface area contributed by atoms with Gasteiger partial charge in [0.25, 0.3) is 5.91 Å². The Labute approximate surface area is 124 Å². The molecule has 1 saturated carbocycles. The van der Waals surface area contributed by atoms with E-state index in [-0.39, 0.29) is 11.9 Å². The van der Waals surface area contributed by atoms with Crippen LogP contribution in [-0.2, 0) is 0 Å². The maximum atomic E-state index is 12.2. The molecule has 21 heavy (non-hydrogen) atoms. The first kappa shape index (κ1) is 13.8. The number of nitrogens with zero attached hydrogens (tertiary/aromatic N) is 3. The predicted molar refractivity (Wildman–Crippen MR) is 80.2 cm³/mol. The predicted octanol–water partition coefficient (Wildman–Crippen LogP) is 2.58. The number of benzene rings is 1. The lowest BCUT2D eigenvalue weighted by atomic mass is 9.87. The molecule has 5 nitrogen and oxygen atoms in total.